The van der Waals surface area contributed by atoms with E-state index >= 15 is 0 Å². The van der Waals surface area contributed by atoms with Crippen LogP contribution in [0.1, 0.15) is 18.1 Å². The van der Waals surface area contributed by atoms with E-state index < -0.39 is 18.2 Å². The van der Waals surface area contributed by atoms with E-state index in [0.717, 1.165) is 5.56 Å². The van der Waals surface area contributed by atoms with Gasteiger partial charge in [0, 0.05) is 18.5 Å². The Balaban J connectivity index is 1.81. The zero-order chi connectivity index (χ0) is 16.9. The molecule has 24 heavy (non-hydrogen) atoms. The number of nitrogens with zero attached hydrogens (tertiary/aromatic N) is 1. The number of esters is 1. The Kier molecular flexibility index (Phi) is 5.01. The number of carbonyl (C=O) groups excluding carboxylic acids is 2. The summed E-state index contributed by atoms with van der Waals surface area (Å²) >= 11 is 5.51. The lowest BCUT2D eigenvalue weighted by Crippen LogP contribution is -2.39. The average molecular weight is 346 g/mol. The summed E-state index contributed by atoms with van der Waals surface area (Å²) in [5, 5.41) is 0. The number of para-hydroxylation sites is 2. The third kappa shape index (κ3) is 3.51. The summed E-state index contributed by atoms with van der Waals surface area (Å²) in [7, 11) is 0. The molecule has 5 nitrogen and oxygen atoms in total. The van der Waals surface area contributed by atoms with Crippen LogP contribution in [0.25, 0.3) is 0 Å². The molecule has 1 heterocycles. The normalized spacial score (nSPS) is 16.2. The molecule has 6 heteroatoms. The molecule has 0 radical (unpaired) electrons. The Morgan fingerprint density at radius 3 is 2.54 bits per heavy atom. The molecule has 1 aliphatic rings. The van der Waals surface area contributed by atoms with Crippen molar-refractivity contribution in [3.05, 3.63) is 60.2 Å². The van der Waals surface area contributed by atoms with Gasteiger partial charge in [0.2, 0.25) is 0 Å². The van der Waals surface area contributed by atoms with Gasteiger partial charge < -0.3 is 9.47 Å². The molecule has 124 valence electrons. The van der Waals surface area contributed by atoms with Crippen molar-refractivity contribution in [3.63, 3.8) is 0 Å². The molecule has 3 rings (SSSR count). The first-order valence-electron chi connectivity index (χ1n) is 7.58. The van der Waals surface area contributed by atoms with Crippen LogP contribution in [0.3, 0.4) is 0 Å². The highest BCUT2D eigenvalue weighted by molar-refractivity contribution is 6.26. The maximum Gasteiger partial charge on any atom is 0.419 e. The molecule has 0 N–H and O–H groups in total. The Labute approximate surface area is 144 Å². The first-order chi connectivity index (χ1) is 11.7. The summed E-state index contributed by atoms with van der Waals surface area (Å²) in [4.78, 5) is 25.5. The molecule has 0 saturated heterocycles. The first-order valence-corrected chi connectivity index (χ1v) is 8.11. The number of benzene rings is 2. The highest BCUT2D eigenvalue weighted by Gasteiger charge is 2.31. The van der Waals surface area contributed by atoms with Gasteiger partial charge in [-0.2, -0.15) is 0 Å². The number of halogens is 1. The molecular formula is C18H16ClNO4. The molecule has 0 bridgehead atoms. The number of hydrogen-bond donors (Lipinski definition) is 0. The molecular weight excluding hydrogens is 330 g/mol. The van der Waals surface area contributed by atoms with Gasteiger partial charge in [-0.3, -0.25) is 9.69 Å². The number of alkyl halides is 1. The van der Waals surface area contributed by atoms with Crippen molar-refractivity contribution in [3.8, 4) is 5.75 Å². The molecule has 1 aliphatic heterocycles. The first kappa shape index (κ1) is 16.3. The lowest BCUT2D eigenvalue weighted by molar-refractivity contribution is -0.146. The van der Waals surface area contributed by atoms with Crippen molar-refractivity contribution >= 4 is 29.4 Å². The molecule has 0 unspecified atom stereocenters. The zero-order valence-corrected chi connectivity index (χ0v) is 13.6. The number of hydrogen-bond acceptors (Lipinski definition) is 4. The fourth-order valence-corrected chi connectivity index (χ4v) is 2.74. The standard InChI is InChI=1S/C18H16ClNO4/c19-12-17(21)24-16-10-11-20(15-9-5-4-8-14(15)16)18(22)23-13-6-2-1-3-7-13/h1-9,16H,10-12H2/t16-/m1/s1. The van der Waals surface area contributed by atoms with Gasteiger partial charge in [-0.15, -0.1) is 11.6 Å². The predicted octanol–water partition coefficient (Wildman–Crippen LogP) is 3.92. The van der Waals surface area contributed by atoms with Crippen LogP contribution in [0.15, 0.2) is 54.6 Å². The van der Waals surface area contributed by atoms with Crippen LogP contribution in [0.5, 0.6) is 5.75 Å². The van der Waals surface area contributed by atoms with Crippen molar-refractivity contribution < 1.29 is 19.1 Å². The van der Waals surface area contributed by atoms with Gasteiger partial charge in [0.15, 0.2) is 0 Å². The summed E-state index contributed by atoms with van der Waals surface area (Å²) in [5.74, 6) is -0.189. The number of fused-ring (bicyclic) bond motifs is 1. The van der Waals surface area contributed by atoms with Crippen molar-refractivity contribution in [2.75, 3.05) is 17.3 Å². The molecule has 0 fully saturated rings. The van der Waals surface area contributed by atoms with Crippen LogP contribution in [-0.4, -0.2) is 24.5 Å². The molecule has 0 aliphatic carbocycles. The Hall–Kier alpha value is -2.53. The summed E-state index contributed by atoms with van der Waals surface area (Å²) in [6, 6.07) is 16.2. The number of amides is 1. The number of carbonyl (C=O) groups is 2. The lowest BCUT2D eigenvalue weighted by atomic mass is 9.99. The Morgan fingerprint density at radius 1 is 1.08 bits per heavy atom. The van der Waals surface area contributed by atoms with Crippen LogP contribution in [0, 0.1) is 0 Å². The smallest absolute Gasteiger partial charge is 0.419 e. The summed E-state index contributed by atoms with van der Waals surface area (Å²) < 4.78 is 10.8. The van der Waals surface area contributed by atoms with Crippen LogP contribution in [0.2, 0.25) is 0 Å². The lowest BCUT2D eigenvalue weighted by Gasteiger charge is -2.33. The second-order valence-electron chi connectivity index (χ2n) is 5.29. The van der Waals surface area contributed by atoms with Crippen molar-refractivity contribution in [1.29, 1.82) is 0 Å². The minimum absolute atomic E-state index is 0.196. The minimum Gasteiger partial charge on any atom is -0.456 e. The fourth-order valence-electron chi connectivity index (χ4n) is 2.67. The van der Waals surface area contributed by atoms with E-state index in [1.807, 2.05) is 30.3 Å². The molecule has 2 aromatic rings. The van der Waals surface area contributed by atoms with E-state index in [2.05, 4.69) is 0 Å². The van der Waals surface area contributed by atoms with Gasteiger partial charge in [-0.1, -0.05) is 36.4 Å². The van der Waals surface area contributed by atoms with Crippen molar-refractivity contribution in [2.24, 2.45) is 0 Å². The second kappa shape index (κ2) is 7.36. The van der Waals surface area contributed by atoms with E-state index in [1.165, 1.54) is 0 Å². The Morgan fingerprint density at radius 2 is 1.79 bits per heavy atom. The number of rotatable bonds is 3. The molecule has 2 aromatic carbocycles. The monoisotopic (exact) mass is 345 g/mol. The van der Waals surface area contributed by atoms with Gasteiger partial charge in [0.1, 0.15) is 17.7 Å². The maximum absolute atomic E-state index is 12.5. The zero-order valence-electron chi connectivity index (χ0n) is 12.9. The van der Waals surface area contributed by atoms with Crippen LogP contribution in [-0.2, 0) is 9.53 Å². The maximum atomic E-state index is 12.5. The van der Waals surface area contributed by atoms with E-state index in [1.54, 1.807) is 29.2 Å². The van der Waals surface area contributed by atoms with E-state index in [4.69, 9.17) is 21.1 Å². The highest BCUT2D eigenvalue weighted by atomic mass is 35.5. The number of ether oxygens (including phenoxy) is 2. The Bertz CT molecular complexity index is 735. The van der Waals surface area contributed by atoms with E-state index in [9.17, 15) is 9.59 Å². The van der Waals surface area contributed by atoms with Crippen LogP contribution >= 0.6 is 11.6 Å². The van der Waals surface area contributed by atoms with Gasteiger partial charge in [0.05, 0.1) is 5.69 Å². The van der Waals surface area contributed by atoms with Crippen molar-refractivity contribution in [1.82, 2.24) is 0 Å². The molecule has 0 spiro atoms. The summed E-state index contributed by atoms with van der Waals surface area (Å²) in [5.41, 5.74) is 1.45. The molecule has 0 saturated carbocycles. The molecule has 0 aromatic heterocycles. The topological polar surface area (TPSA) is 55.8 Å². The number of anilines is 1. The summed E-state index contributed by atoms with van der Waals surface area (Å²) in [6.45, 7) is 0.392. The second-order valence-corrected chi connectivity index (χ2v) is 5.56. The summed E-state index contributed by atoms with van der Waals surface area (Å²) in [6.07, 6.45) is -0.382. The average Bonchev–Trinajstić information content (AvgIpc) is 2.62. The van der Waals surface area contributed by atoms with Crippen LogP contribution in [0.4, 0.5) is 10.5 Å². The van der Waals surface area contributed by atoms with E-state index in [0.29, 0.717) is 24.4 Å². The molecule has 1 amide bonds. The fraction of sp³-hybridized carbons (Fsp3) is 0.222. The largest absolute Gasteiger partial charge is 0.456 e. The van der Waals surface area contributed by atoms with Gasteiger partial charge in [0.25, 0.3) is 0 Å². The third-order valence-corrected chi connectivity index (χ3v) is 3.96. The highest BCUT2D eigenvalue weighted by Crippen LogP contribution is 2.36. The van der Waals surface area contributed by atoms with Gasteiger partial charge in [-0.25, -0.2) is 4.79 Å². The minimum atomic E-state index is -0.475. The molecule has 1 atom stereocenters. The van der Waals surface area contributed by atoms with Gasteiger partial charge >= 0.3 is 12.1 Å². The van der Waals surface area contributed by atoms with Crippen LogP contribution < -0.4 is 9.64 Å². The van der Waals surface area contributed by atoms with Gasteiger partial charge in [-0.05, 0) is 18.2 Å². The SMILES string of the molecule is O=C(CCl)O[C@@H]1CCN(C(=O)Oc2ccccc2)c2ccccc21. The van der Waals surface area contributed by atoms with Crippen molar-refractivity contribution in [2.45, 2.75) is 12.5 Å². The predicted molar refractivity (Wildman–Crippen MR) is 90.4 cm³/mol. The third-order valence-electron chi connectivity index (χ3n) is 3.74. The quantitative estimate of drug-likeness (QED) is 0.625. The van der Waals surface area contributed by atoms with E-state index in [-0.39, 0.29) is 5.88 Å².